The summed E-state index contributed by atoms with van der Waals surface area (Å²) in [4.78, 5) is 20.3. The summed E-state index contributed by atoms with van der Waals surface area (Å²) in [6.45, 7) is 2.30. The molecule has 22 heavy (non-hydrogen) atoms. The lowest BCUT2D eigenvalue weighted by atomic mass is 10.1. The number of anilines is 1. The number of benzene rings is 1. The molecule has 4 nitrogen and oxygen atoms in total. The van der Waals surface area contributed by atoms with Crippen LogP contribution in [0, 0.1) is 0 Å². The lowest BCUT2D eigenvalue weighted by Gasteiger charge is -2.27. The number of Topliss-reactive ketones (excluding diaryl/α,β-unsaturated/α-hetero) is 1. The number of fused-ring (bicyclic) bond motifs is 1. The monoisotopic (exact) mass is 316 g/mol. The summed E-state index contributed by atoms with van der Waals surface area (Å²) in [5.74, 6) is 1.08. The van der Waals surface area contributed by atoms with Gasteiger partial charge in [0.15, 0.2) is 10.8 Å². The van der Waals surface area contributed by atoms with Gasteiger partial charge in [0.1, 0.15) is 5.82 Å². The predicted molar refractivity (Wildman–Crippen MR) is 88.8 cm³/mol. The molecule has 2 heterocycles. The highest BCUT2D eigenvalue weighted by Crippen LogP contribution is 2.33. The van der Waals surface area contributed by atoms with E-state index in [1.807, 2.05) is 6.07 Å². The number of thiazole rings is 1. The maximum absolute atomic E-state index is 12.1. The zero-order valence-corrected chi connectivity index (χ0v) is 13.6. The number of hydrogen-bond donors (Lipinski definition) is 0. The number of rotatable bonds is 6. The number of aromatic nitrogens is 1. The molecule has 0 N–H and O–H groups in total. The average Bonchev–Trinajstić information content (AvgIpc) is 2.99. The van der Waals surface area contributed by atoms with Gasteiger partial charge in [-0.2, -0.15) is 0 Å². The Morgan fingerprint density at radius 3 is 2.95 bits per heavy atom. The van der Waals surface area contributed by atoms with Crippen LogP contribution in [0.25, 0.3) is 0 Å². The lowest BCUT2D eigenvalue weighted by Crippen LogP contribution is -2.28. The Labute approximate surface area is 134 Å². The van der Waals surface area contributed by atoms with Crippen molar-refractivity contribution in [1.29, 1.82) is 0 Å². The molecule has 0 fully saturated rings. The molecule has 2 aromatic rings. The van der Waals surface area contributed by atoms with Crippen molar-refractivity contribution < 1.29 is 9.53 Å². The third kappa shape index (κ3) is 3.36. The second-order valence-corrected chi connectivity index (χ2v) is 6.53. The van der Waals surface area contributed by atoms with Crippen LogP contribution in [0.15, 0.2) is 30.3 Å². The Balaban J connectivity index is 1.78. The fourth-order valence-corrected chi connectivity index (χ4v) is 3.76. The second kappa shape index (κ2) is 7.03. The van der Waals surface area contributed by atoms with Crippen molar-refractivity contribution in [2.75, 3.05) is 25.2 Å². The molecule has 116 valence electrons. The SMILES string of the molecule is COCCC(=O)c1nc2c(s1)CCCN2Cc1ccccc1. The van der Waals surface area contributed by atoms with Gasteiger partial charge >= 0.3 is 0 Å². The van der Waals surface area contributed by atoms with Crippen molar-refractivity contribution in [2.24, 2.45) is 0 Å². The first-order chi connectivity index (χ1) is 10.8. The van der Waals surface area contributed by atoms with Crippen molar-refractivity contribution in [3.8, 4) is 0 Å². The Bertz CT molecular complexity index is 639. The summed E-state index contributed by atoms with van der Waals surface area (Å²) in [6, 6.07) is 10.4. The van der Waals surface area contributed by atoms with Crippen LogP contribution in [0.3, 0.4) is 0 Å². The zero-order valence-electron chi connectivity index (χ0n) is 12.7. The highest BCUT2D eigenvalue weighted by Gasteiger charge is 2.24. The fraction of sp³-hybridized carbons (Fsp3) is 0.412. The number of carbonyl (C=O) groups is 1. The van der Waals surface area contributed by atoms with Gasteiger partial charge in [-0.1, -0.05) is 30.3 Å². The van der Waals surface area contributed by atoms with Crippen molar-refractivity contribution in [2.45, 2.75) is 25.8 Å². The minimum absolute atomic E-state index is 0.0842. The smallest absolute Gasteiger partial charge is 0.193 e. The van der Waals surface area contributed by atoms with Gasteiger partial charge in [0, 0.05) is 31.5 Å². The molecular formula is C17H20N2O2S. The van der Waals surface area contributed by atoms with Crippen molar-refractivity contribution in [1.82, 2.24) is 4.98 Å². The van der Waals surface area contributed by atoms with Crippen LogP contribution in [0.1, 0.15) is 33.1 Å². The van der Waals surface area contributed by atoms with Gasteiger partial charge in [-0.05, 0) is 18.4 Å². The van der Waals surface area contributed by atoms with Gasteiger partial charge in [0.25, 0.3) is 0 Å². The summed E-state index contributed by atoms with van der Waals surface area (Å²) in [5, 5.41) is 0.627. The van der Waals surface area contributed by atoms with E-state index in [9.17, 15) is 4.79 Å². The van der Waals surface area contributed by atoms with E-state index in [1.54, 1.807) is 18.4 Å². The molecule has 0 saturated heterocycles. The molecule has 0 aliphatic carbocycles. The first-order valence-corrected chi connectivity index (χ1v) is 8.40. The normalized spacial score (nSPS) is 14.0. The minimum atomic E-state index is 0.0842. The Hall–Kier alpha value is -1.72. The van der Waals surface area contributed by atoms with Crippen LogP contribution in [0.4, 0.5) is 5.82 Å². The number of nitrogens with zero attached hydrogens (tertiary/aromatic N) is 2. The summed E-state index contributed by atoms with van der Waals surface area (Å²) in [6.07, 6.45) is 2.55. The second-order valence-electron chi connectivity index (χ2n) is 5.44. The quantitative estimate of drug-likeness (QED) is 0.767. The van der Waals surface area contributed by atoms with Gasteiger partial charge in [-0.25, -0.2) is 4.98 Å². The molecule has 0 unspecified atom stereocenters. The van der Waals surface area contributed by atoms with Gasteiger partial charge in [0.2, 0.25) is 0 Å². The number of hydrogen-bond acceptors (Lipinski definition) is 5. The third-order valence-electron chi connectivity index (χ3n) is 3.80. The maximum Gasteiger partial charge on any atom is 0.193 e. The van der Waals surface area contributed by atoms with E-state index >= 15 is 0 Å². The van der Waals surface area contributed by atoms with Crippen LogP contribution in [-0.2, 0) is 17.7 Å². The maximum atomic E-state index is 12.1. The lowest BCUT2D eigenvalue weighted by molar-refractivity contribution is 0.0932. The van der Waals surface area contributed by atoms with Gasteiger partial charge < -0.3 is 9.64 Å². The summed E-state index contributed by atoms with van der Waals surface area (Å²) >= 11 is 1.55. The van der Waals surface area contributed by atoms with Crippen LogP contribution in [0.5, 0.6) is 0 Å². The number of methoxy groups -OCH3 is 1. The van der Waals surface area contributed by atoms with Crippen LogP contribution >= 0.6 is 11.3 Å². The van der Waals surface area contributed by atoms with Gasteiger partial charge in [0.05, 0.1) is 6.61 Å². The van der Waals surface area contributed by atoms with E-state index in [-0.39, 0.29) is 5.78 Å². The first kappa shape index (κ1) is 15.2. The number of carbonyl (C=O) groups excluding carboxylic acids is 1. The highest BCUT2D eigenvalue weighted by atomic mass is 32.1. The Morgan fingerprint density at radius 1 is 1.36 bits per heavy atom. The summed E-state index contributed by atoms with van der Waals surface area (Å²) in [5.41, 5.74) is 1.27. The van der Waals surface area contributed by atoms with Crippen LogP contribution < -0.4 is 4.90 Å². The molecule has 1 aliphatic rings. The predicted octanol–water partition coefficient (Wildman–Crippen LogP) is 3.32. The molecule has 0 bridgehead atoms. The molecule has 3 rings (SSSR count). The van der Waals surface area contributed by atoms with Crippen molar-refractivity contribution in [3.63, 3.8) is 0 Å². The van der Waals surface area contributed by atoms with Gasteiger partial charge in [-0.15, -0.1) is 11.3 Å². The first-order valence-electron chi connectivity index (χ1n) is 7.58. The Morgan fingerprint density at radius 2 is 2.18 bits per heavy atom. The molecule has 0 amide bonds. The average molecular weight is 316 g/mol. The van der Waals surface area contributed by atoms with E-state index in [1.165, 1.54) is 10.4 Å². The van der Waals surface area contributed by atoms with Gasteiger partial charge in [-0.3, -0.25) is 4.79 Å². The minimum Gasteiger partial charge on any atom is -0.384 e. The largest absolute Gasteiger partial charge is 0.384 e. The van der Waals surface area contributed by atoms with E-state index in [2.05, 4.69) is 34.1 Å². The summed E-state index contributed by atoms with van der Waals surface area (Å²) < 4.78 is 4.98. The van der Waals surface area contributed by atoms with Crippen LogP contribution in [-0.4, -0.2) is 31.0 Å². The summed E-state index contributed by atoms with van der Waals surface area (Å²) in [7, 11) is 1.61. The molecule has 0 radical (unpaired) electrons. The van der Waals surface area contributed by atoms with Crippen LogP contribution in [0.2, 0.25) is 0 Å². The number of ether oxygens (including phenoxy) is 1. The molecule has 1 aromatic heterocycles. The zero-order chi connectivity index (χ0) is 15.4. The van der Waals surface area contributed by atoms with E-state index < -0.39 is 0 Å². The van der Waals surface area contributed by atoms with Crippen molar-refractivity contribution >= 4 is 22.9 Å². The molecule has 0 atom stereocenters. The Kier molecular flexibility index (Phi) is 4.85. The topological polar surface area (TPSA) is 42.4 Å². The number of ketones is 1. The standard InChI is InChI=1S/C17H20N2O2S/c1-21-11-9-14(20)17-18-16-15(22-17)8-5-10-19(16)12-13-6-3-2-4-7-13/h2-4,6-7H,5,8-12H2,1H3. The van der Waals surface area contributed by atoms with E-state index in [4.69, 9.17) is 4.74 Å². The molecule has 0 saturated carbocycles. The number of aryl methyl sites for hydroxylation is 1. The third-order valence-corrected chi connectivity index (χ3v) is 4.94. The molecule has 1 aliphatic heterocycles. The molecule has 0 spiro atoms. The van der Waals surface area contributed by atoms with Crippen molar-refractivity contribution in [3.05, 3.63) is 45.8 Å². The van der Waals surface area contributed by atoms with E-state index in [0.717, 1.165) is 31.7 Å². The molecular weight excluding hydrogens is 296 g/mol. The van der Waals surface area contributed by atoms with E-state index in [0.29, 0.717) is 18.0 Å². The molecule has 1 aromatic carbocycles. The fourth-order valence-electron chi connectivity index (χ4n) is 2.67. The molecule has 5 heteroatoms. The highest BCUT2D eigenvalue weighted by molar-refractivity contribution is 7.14.